The van der Waals surface area contributed by atoms with Crippen LogP contribution in [0.2, 0.25) is 0 Å². The molecule has 5 heteroatoms. The van der Waals surface area contributed by atoms with Crippen LogP contribution in [0.5, 0.6) is 0 Å². The number of nitrogens with zero attached hydrogens (tertiary/aromatic N) is 2. The molecule has 1 aromatic carbocycles. The molecule has 0 aliphatic heterocycles. The van der Waals surface area contributed by atoms with Crippen LogP contribution in [0.1, 0.15) is 16.2 Å². The van der Waals surface area contributed by atoms with Crippen LogP contribution in [0.4, 0.5) is 0 Å². The number of Topliss-reactive ketones (excluding diaryl/α,β-unsaturated/α-hetero) is 1. The summed E-state index contributed by atoms with van der Waals surface area (Å²) >= 11 is 0. The van der Waals surface area contributed by atoms with Crippen molar-refractivity contribution in [2.45, 2.75) is 13.2 Å². The highest BCUT2D eigenvalue weighted by molar-refractivity contribution is 6.01. The number of hydrogen-bond acceptors (Lipinski definition) is 4. The Balaban J connectivity index is 2.44. The maximum Gasteiger partial charge on any atom is 0.222 e. The lowest BCUT2D eigenvalue weighted by Gasteiger charge is -2.11. The van der Waals surface area contributed by atoms with Crippen LogP contribution < -0.4 is 0 Å². The SMILES string of the molecule is COC(OC)C(=O)c1ccc2c(c1)nc(C)n2C. The molecule has 5 nitrogen and oxygen atoms in total. The van der Waals surface area contributed by atoms with Crippen LogP contribution in [0.15, 0.2) is 18.2 Å². The standard InChI is InChI=1S/C13H16N2O3/c1-8-14-10-7-9(5-6-11(10)15(8)2)12(16)13(17-3)18-4/h5-7,13H,1-4H3. The van der Waals surface area contributed by atoms with Crippen LogP contribution in [0, 0.1) is 6.92 Å². The lowest BCUT2D eigenvalue weighted by Crippen LogP contribution is -2.24. The third kappa shape index (κ3) is 2.02. The van der Waals surface area contributed by atoms with Crippen molar-refractivity contribution in [3.8, 4) is 0 Å². The number of fused-ring (bicyclic) bond motifs is 1. The summed E-state index contributed by atoms with van der Waals surface area (Å²) in [5.74, 6) is 0.704. The molecule has 0 unspecified atom stereocenters. The van der Waals surface area contributed by atoms with Crippen molar-refractivity contribution in [1.29, 1.82) is 0 Å². The van der Waals surface area contributed by atoms with Crippen molar-refractivity contribution in [2.24, 2.45) is 7.05 Å². The molecular formula is C13H16N2O3. The molecule has 0 fully saturated rings. The predicted octanol–water partition coefficient (Wildman–Crippen LogP) is 1.68. The van der Waals surface area contributed by atoms with Gasteiger partial charge in [-0.3, -0.25) is 4.79 Å². The topological polar surface area (TPSA) is 53.4 Å². The lowest BCUT2D eigenvalue weighted by molar-refractivity contribution is -0.0742. The summed E-state index contributed by atoms with van der Waals surface area (Å²) in [5.41, 5.74) is 2.33. The van der Waals surface area contributed by atoms with Gasteiger partial charge in [-0.05, 0) is 25.1 Å². The first-order valence-electron chi connectivity index (χ1n) is 5.61. The minimum absolute atomic E-state index is 0.204. The van der Waals surface area contributed by atoms with Crippen LogP contribution in [-0.4, -0.2) is 35.8 Å². The van der Waals surface area contributed by atoms with Gasteiger partial charge in [0.05, 0.1) is 11.0 Å². The summed E-state index contributed by atoms with van der Waals surface area (Å²) in [6.45, 7) is 1.93. The van der Waals surface area contributed by atoms with Gasteiger partial charge in [0, 0.05) is 26.8 Å². The van der Waals surface area contributed by atoms with Gasteiger partial charge in [0.15, 0.2) is 0 Å². The molecule has 0 bridgehead atoms. The van der Waals surface area contributed by atoms with E-state index in [0.717, 1.165) is 16.9 Å². The number of ether oxygens (including phenoxy) is 2. The number of imidazole rings is 1. The molecule has 1 aromatic heterocycles. The average Bonchev–Trinajstić information content (AvgIpc) is 2.66. The molecule has 0 N–H and O–H groups in total. The minimum Gasteiger partial charge on any atom is -0.349 e. The van der Waals surface area contributed by atoms with Gasteiger partial charge in [0.2, 0.25) is 12.1 Å². The fourth-order valence-corrected chi connectivity index (χ4v) is 1.92. The van der Waals surface area contributed by atoms with Gasteiger partial charge in [-0.1, -0.05) is 0 Å². The Morgan fingerprint density at radius 2 is 2.00 bits per heavy atom. The number of hydrogen-bond donors (Lipinski definition) is 0. The quantitative estimate of drug-likeness (QED) is 0.610. The van der Waals surface area contributed by atoms with Crippen LogP contribution in [-0.2, 0) is 16.5 Å². The van der Waals surface area contributed by atoms with E-state index in [1.807, 2.05) is 24.6 Å². The number of benzene rings is 1. The summed E-state index contributed by atoms with van der Waals surface area (Å²) in [4.78, 5) is 16.5. The highest BCUT2D eigenvalue weighted by Gasteiger charge is 2.19. The number of ketones is 1. The highest BCUT2D eigenvalue weighted by Crippen LogP contribution is 2.18. The summed E-state index contributed by atoms with van der Waals surface area (Å²) < 4.78 is 11.9. The zero-order valence-corrected chi connectivity index (χ0v) is 10.9. The van der Waals surface area contributed by atoms with Crippen LogP contribution in [0.3, 0.4) is 0 Å². The van der Waals surface area contributed by atoms with Crippen molar-refractivity contribution in [3.63, 3.8) is 0 Å². The predicted molar refractivity (Wildman–Crippen MR) is 67.6 cm³/mol. The van der Waals surface area contributed by atoms with E-state index >= 15 is 0 Å². The number of rotatable bonds is 4. The Morgan fingerprint density at radius 3 is 2.61 bits per heavy atom. The highest BCUT2D eigenvalue weighted by atomic mass is 16.7. The Labute approximate surface area is 105 Å². The number of methoxy groups -OCH3 is 2. The second-order valence-corrected chi connectivity index (χ2v) is 4.09. The van der Waals surface area contributed by atoms with Crippen molar-refractivity contribution in [2.75, 3.05) is 14.2 Å². The van der Waals surface area contributed by atoms with E-state index in [2.05, 4.69) is 4.98 Å². The Hall–Kier alpha value is -1.72. The molecule has 96 valence electrons. The Morgan fingerprint density at radius 1 is 1.33 bits per heavy atom. The maximum atomic E-state index is 12.1. The van der Waals surface area contributed by atoms with Gasteiger partial charge >= 0.3 is 0 Å². The third-order valence-electron chi connectivity index (χ3n) is 3.03. The number of carbonyl (C=O) groups excluding carboxylic acids is 1. The number of aryl methyl sites for hydroxylation is 2. The number of carbonyl (C=O) groups is 1. The summed E-state index contributed by atoms with van der Waals surface area (Å²) in [7, 11) is 4.82. The van der Waals surface area contributed by atoms with Crippen LogP contribution in [0.25, 0.3) is 11.0 Å². The molecule has 0 aliphatic carbocycles. The minimum atomic E-state index is -0.868. The zero-order chi connectivity index (χ0) is 13.3. The molecular weight excluding hydrogens is 232 g/mol. The second-order valence-electron chi connectivity index (χ2n) is 4.09. The lowest BCUT2D eigenvalue weighted by atomic mass is 10.1. The van der Waals surface area contributed by atoms with E-state index in [1.54, 1.807) is 12.1 Å². The third-order valence-corrected chi connectivity index (χ3v) is 3.03. The van der Waals surface area contributed by atoms with E-state index in [0.29, 0.717) is 5.56 Å². The monoisotopic (exact) mass is 248 g/mol. The first kappa shape index (κ1) is 12.7. The molecule has 0 radical (unpaired) electrons. The van der Waals surface area contributed by atoms with E-state index in [9.17, 15) is 4.79 Å². The van der Waals surface area contributed by atoms with Gasteiger partial charge < -0.3 is 14.0 Å². The molecule has 2 aromatic rings. The smallest absolute Gasteiger partial charge is 0.222 e. The maximum absolute atomic E-state index is 12.1. The second kappa shape index (κ2) is 4.88. The fourth-order valence-electron chi connectivity index (χ4n) is 1.92. The van der Waals surface area contributed by atoms with Gasteiger partial charge in [0.25, 0.3) is 0 Å². The van der Waals surface area contributed by atoms with E-state index in [4.69, 9.17) is 9.47 Å². The van der Waals surface area contributed by atoms with Crippen molar-refractivity contribution in [1.82, 2.24) is 9.55 Å². The molecule has 0 aliphatic rings. The number of aromatic nitrogens is 2. The fraction of sp³-hybridized carbons (Fsp3) is 0.385. The first-order chi connectivity index (χ1) is 8.58. The molecule has 0 saturated carbocycles. The van der Waals surface area contributed by atoms with Gasteiger partial charge in [-0.15, -0.1) is 0 Å². The summed E-state index contributed by atoms with van der Waals surface area (Å²) in [6.07, 6.45) is -0.868. The Kier molecular flexibility index (Phi) is 3.45. The average molecular weight is 248 g/mol. The largest absolute Gasteiger partial charge is 0.349 e. The molecule has 0 atom stereocenters. The van der Waals surface area contributed by atoms with Gasteiger partial charge in [0.1, 0.15) is 5.82 Å². The molecule has 0 amide bonds. The summed E-state index contributed by atoms with van der Waals surface area (Å²) in [5, 5.41) is 0. The molecule has 1 heterocycles. The van der Waals surface area contributed by atoms with Gasteiger partial charge in [-0.2, -0.15) is 0 Å². The molecule has 2 rings (SSSR count). The molecule has 0 saturated heterocycles. The zero-order valence-electron chi connectivity index (χ0n) is 10.9. The van der Waals surface area contributed by atoms with E-state index < -0.39 is 6.29 Å². The normalized spacial score (nSPS) is 11.4. The first-order valence-corrected chi connectivity index (χ1v) is 5.61. The molecule has 18 heavy (non-hydrogen) atoms. The molecule has 0 spiro atoms. The van der Waals surface area contributed by atoms with E-state index in [1.165, 1.54) is 14.2 Å². The van der Waals surface area contributed by atoms with Crippen LogP contribution >= 0.6 is 0 Å². The van der Waals surface area contributed by atoms with Crippen molar-refractivity contribution in [3.05, 3.63) is 29.6 Å². The van der Waals surface area contributed by atoms with Crippen molar-refractivity contribution < 1.29 is 14.3 Å². The summed E-state index contributed by atoms with van der Waals surface area (Å²) in [6, 6.07) is 5.40. The van der Waals surface area contributed by atoms with Gasteiger partial charge in [-0.25, -0.2) is 4.98 Å². The van der Waals surface area contributed by atoms with E-state index in [-0.39, 0.29) is 5.78 Å². The van der Waals surface area contributed by atoms with Crippen molar-refractivity contribution >= 4 is 16.8 Å². The Bertz CT molecular complexity index is 585.